The molecule has 64 valence electrons. The van der Waals surface area contributed by atoms with Gasteiger partial charge in [0.25, 0.3) is 0 Å². The van der Waals surface area contributed by atoms with Gasteiger partial charge in [-0.15, -0.1) is 0 Å². The third kappa shape index (κ3) is 1.50. The van der Waals surface area contributed by atoms with E-state index in [0.717, 1.165) is 19.3 Å². The summed E-state index contributed by atoms with van der Waals surface area (Å²) < 4.78 is 1.38. The molecule has 0 aliphatic heterocycles. The lowest BCUT2D eigenvalue weighted by Crippen LogP contribution is -2.28. The molecule has 0 spiro atoms. The van der Waals surface area contributed by atoms with E-state index >= 15 is 0 Å². The Kier molecular flexibility index (Phi) is 2.37. The summed E-state index contributed by atoms with van der Waals surface area (Å²) in [5.41, 5.74) is 8.90. The Balaban J connectivity index is 2.43. The van der Waals surface area contributed by atoms with Crippen LogP contribution in [0.5, 0.6) is 0 Å². The highest BCUT2D eigenvalue weighted by Gasteiger charge is 2.16. The van der Waals surface area contributed by atoms with Gasteiger partial charge in [-0.2, -0.15) is 0 Å². The number of halogens is 1. The van der Waals surface area contributed by atoms with Gasteiger partial charge in [0, 0.05) is 9.61 Å². The maximum absolute atomic E-state index is 5.92. The maximum Gasteiger partial charge on any atom is 0.0165 e. The van der Waals surface area contributed by atoms with Crippen LogP contribution in [-0.4, -0.2) is 6.04 Å². The van der Waals surface area contributed by atoms with Crippen molar-refractivity contribution in [2.45, 2.75) is 25.3 Å². The van der Waals surface area contributed by atoms with E-state index in [9.17, 15) is 0 Å². The quantitative estimate of drug-likeness (QED) is 0.720. The van der Waals surface area contributed by atoms with Crippen molar-refractivity contribution in [1.29, 1.82) is 0 Å². The minimum atomic E-state index is 0.383. The van der Waals surface area contributed by atoms with Crippen LogP contribution in [0.25, 0.3) is 0 Å². The fourth-order valence-electron chi connectivity index (χ4n) is 1.77. The molecule has 2 N–H and O–H groups in total. The Morgan fingerprint density at radius 1 is 1.42 bits per heavy atom. The van der Waals surface area contributed by atoms with Gasteiger partial charge < -0.3 is 5.73 Å². The van der Waals surface area contributed by atoms with Crippen LogP contribution >= 0.6 is 22.6 Å². The third-order valence-corrected chi connectivity index (χ3v) is 3.48. The van der Waals surface area contributed by atoms with Crippen molar-refractivity contribution in [3.63, 3.8) is 0 Å². The lowest BCUT2D eigenvalue weighted by atomic mass is 9.89. The van der Waals surface area contributed by atoms with E-state index in [0.29, 0.717) is 6.04 Å². The lowest BCUT2D eigenvalue weighted by Gasteiger charge is -2.22. The molecule has 1 aromatic carbocycles. The van der Waals surface area contributed by atoms with Crippen LogP contribution in [0.4, 0.5) is 0 Å². The predicted octanol–water partition coefficient (Wildman–Crippen LogP) is 2.11. The van der Waals surface area contributed by atoms with Gasteiger partial charge in [-0.1, -0.05) is 12.1 Å². The van der Waals surface area contributed by atoms with Crippen LogP contribution in [0, 0.1) is 3.57 Å². The van der Waals surface area contributed by atoms with E-state index in [1.807, 2.05) is 0 Å². The molecule has 0 radical (unpaired) electrons. The number of fused-ring (bicyclic) bond motifs is 1. The monoisotopic (exact) mass is 273 g/mol. The van der Waals surface area contributed by atoms with Crippen LogP contribution in [0.2, 0.25) is 0 Å². The first-order chi connectivity index (χ1) is 5.77. The molecule has 0 aromatic heterocycles. The summed E-state index contributed by atoms with van der Waals surface area (Å²) in [5, 5.41) is 0. The summed E-state index contributed by atoms with van der Waals surface area (Å²) in [4.78, 5) is 0. The van der Waals surface area contributed by atoms with E-state index in [4.69, 9.17) is 5.73 Å². The van der Waals surface area contributed by atoms with E-state index in [1.165, 1.54) is 14.7 Å². The molecule has 2 heteroatoms. The number of nitrogens with two attached hydrogens (primary N) is 1. The first-order valence-corrected chi connectivity index (χ1v) is 5.37. The molecule has 1 unspecified atom stereocenters. The van der Waals surface area contributed by atoms with Crippen molar-refractivity contribution in [1.82, 2.24) is 0 Å². The summed E-state index contributed by atoms with van der Waals surface area (Å²) >= 11 is 2.40. The Morgan fingerprint density at radius 2 is 2.25 bits per heavy atom. The van der Waals surface area contributed by atoms with Gasteiger partial charge in [0.15, 0.2) is 0 Å². The van der Waals surface area contributed by atoms with Crippen LogP contribution < -0.4 is 5.73 Å². The minimum Gasteiger partial charge on any atom is -0.327 e. The zero-order chi connectivity index (χ0) is 8.55. The van der Waals surface area contributed by atoms with Gasteiger partial charge in [-0.3, -0.25) is 0 Å². The Morgan fingerprint density at radius 3 is 3.08 bits per heavy atom. The molecule has 0 bridgehead atoms. The largest absolute Gasteiger partial charge is 0.327 e. The van der Waals surface area contributed by atoms with E-state index < -0.39 is 0 Å². The molecule has 1 aromatic rings. The Labute approximate surface area is 86.5 Å². The van der Waals surface area contributed by atoms with Crippen molar-refractivity contribution in [2.24, 2.45) is 5.73 Å². The number of hydrogen-bond acceptors (Lipinski definition) is 1. The average Bonchev–Trinajstić information content (AvgIpc) is 2.07. The van der Waals surface area contributed by atoms with Gasteiger partial charge >= 0.3 is 0 Å². The van der Waals surface area contributed by atoms with Crippen molar-refractivity contribution in [3.05, 3.63) is 32.9 Å². The topological polar surface area (TPSA) is 26.0 Å². The summed E-state index contributed by atoms with van der Waals surface area (Å²) in [6.45, 7) is 0. The highest BCUT2D eigenvalue weighted by Crippen LogP contribution is 2.24. The zero-order valence-corrected chi connectivity index (χ0v) is 9.04. The van der Waals surface area contributed by atoms with Crippen molar-refractivity contribution in [3.8, 4) is 0 Å². The molecule has 0 saturated carbocycles. The molecule has 0 fully saturated rings. The second-order valence-electron chi connectivity index (χ2n) is 3.38. The van der Waals surface area contributed by atoms with Gasteiger partial charge in [-0.25, -0.2) is 0 Å². The lowest BCUT2D eigenvalue weighted by molar-refractivity contribution is 0.575. The fourth-order valence-corrected chi connectivity index (χ4v) is 2.55. The van der Waals surface area contributed by atoms with Crippen LogP contribution in [-0.2, 0) is 12.8 Å². The Bertz CT molecular complexity index is 296. The maximum atomic E-state index is 5.92. The zero-order valence-electron chi connectivity index (χ0n) is 6.89. The SMILES string of the molecule is NC1CCc2cccc(I)c2C1. The normalized spacial score (nSPS) is 22.0. The smallest absolute Gasteiger partial charge is 0.0165 e. The molecule has 1 atom stereocenters. The summed E-state index contributed by atoms with van der Waals surface area (Å²) in [7, 11) is 0. The van der Waals surface area contributed by atoms with Crippen LogP contribution in [0.3, 0.4) is 0 Å². The standard InChI is InChI=1S/C10H12IN/c11-10-3-1-2-7-4-5-8(12)6-9(7)10/h1-3,8H,4-6,12H2. The fraction of sp³-hybridized carbons (Fsp3) is 0.400. The van der Waals surface area contributed by atoms with E-state index in [-0.39, 0.29) is 0 Å². The van der Waals surface area contributed by atoms with Gasteiger partial charge in [0.1, 0.15) is 0 Å². The summed E-state index contributed by atoms with van der Waals surface area (Å²) in [6, 6.07) is 6.91. The molecule has 0 amide bonds. The number of aryl methyl sites for hydroxylation is 1. The Hall–Kier alpha value is -0.0900. The first-order valence-electron chi connectivity index (χ1n) is 4.29. The van der Waals surface area contributed by atoms with E-state index in [2.05, 4.69) is 40.8 Å². The number of benzene rings is 1. The predicted molar refractivity (Wildman–Crippen MR) is 59.2 cm³/mol. The molecule has 0 heterocycles. The second kappa shape index (κ2) is 3.34. The van der Waals surface area contributed by atoms with Crippen LogP contribution in [0.1, 0.15) is 17.5 Å². The molecule has 0 saturated heterocycles. The number of hydrogen-bond donors (Lipinski definition) is 1. The highest BCUT2D eigenvalue weighted by molar-refractivity contribution is 14.1. The van der Waals surface area contributed by atoms with Gasteiger partial charge in [0.2, 0.25) is 0 Å². The first kappa shape index (κ1) is 8.51. The van der Waals surface area contributed by atoms with Crippen molar-refractivity contribution < 1.29 is 0 Å². The minimum absolute atomic E-state index is 0.383. The third-order valence-electron chi connectivity index (χ3n) is 2.47. The molecular weight excluding hydrogens is 261 g/mol. The molecule has 1 aliphatic carbocycles. The number of rotatable bonds is 0. The molecule has 12 heavy (non-hydrogen) atoms. The second-order valence-corrected chi connectivity index (χ2v) is 4.54. The van der Waals surface area contributed by atoms with Crippen molar-refractivity contribution in [2.75, 3.05) is 0 Å². The summed E-state index contributed by atoms with van der Waals surface area (Å²) in [5.74, 6) is 0. The van der Waals surface area contributed by atoms with Crippen molar-refractivity contribution >= 4 is 22.6 Å². The molecule has 1 aliphatic rings. The average molecular weight is 273 g/mol. The molecule has 1 nitrogen and oxygen atoms in total. The molecule has 2 rings (SSSR count). The van der Waals surface area contributed by atoms with Crippen LogP contribution in [0.15, 0.2) is 18.2 Å². The van der Waals surface area contributed by atoms with Gasteiger partial charge in [-0.05, 0) is 59.0 Å². The van der Waals surface area contributed by atoms with E-state index in [1.54, 1.807) is 0 Å². The summed E-state index contributed by atoms with van der Waals surface area (Å²) in [6.07, 6.45) is 3.37. The highest BCUT2D eigenvalue weighted by atomic mass is 127. The van der Waals surface area contributed by atoms with Gasteiger partial charge in [0.05, 0.1) is 0 Å². The molecular formula is C10H12IN.